The first-order chi connectivity index (χ1) is 11.7. The number of amides is 1. The minimum atomic E-state index is -0.487. The Morgan fingerprint density at radius 2 is 1.96 bits per heavy atom. The first kappa shape index (κ1) is 17.2. The van der Waals surface area contributed by atoms with Crippen LogP contribution in [0.1, 0.15) is 44.1 Å². The summed E-state index contributed by atoms with van der Waals surface area (Å²) in [4.78, 5) is 12.7. The zero-order chi connectivity index (χ0) is 16.8. The van der Waals surface area contributed by atoms with E-state index in [1.54, 1.807) is 0 Å². The predicted octanol–water partition coefficient (Wildman–Crippen LogP) is 2.38. The second kappa shape index (κ2) is 7.99. The Labute approximate surface area is 143 Å². The number of ether oxygens (including phenoxy) is 2. The molecule has 1 aromatic carbocycles. The molecule has 0 atom stereocenters. The van der Waals surface area contributed by atoms with Gasteiger partial charge in [-0.2, -0.15) is 0 Å². The lowest BCUT2D eigenvalue weighted by Gasteiger charge is -2.34. The third kappa shape index (κ3) is 3.90. The topological polar surface area (TPSA) is 73.6 Å². The molecule has 0 spiro atoms. The number of rotatable bonds is 6. The van der Waals surface area contributed by atoms with Gasteiger partial charge in [0.15, 0.2) is 0 Å². The first-order valence-electron chi connectivity index (χ1n) is 9.04. The Morgan fingerprint density at radius 1 is 1.25 bits per heavy atom. The molecule has 1 aliphatic heterocycles. The molecule has 1 amide bonds. The summed E-state index contributed by atoms with van der Waals surface area (Å²) in [7, 11) is 0. The number of para-hydroxylation sites is 1. The lowest BCUT2D eigenvalue weighted by molar-refractivity contribution is -0.136. The average molecular weight is 332 g/mol. The number of carbonyl (C=O) groups is 1. The molecule has 1 aromatic rings. The molecule has 2 aliphatic rings. The Balaban J connectivity index is 1.62. The van der Waals surface area contributed by atoms with Gasteiger partial charge in [0.25, 0.3) is 0 Å². The summed E-state index contributed by atoms with van der Waals surface area (Å²) >= 11 is 0. The summed E-state index contributed by atoms with van der Waals surface area (Å²) in [5.74, 6) is 0.919. The smallest absolute Gasteiger partial charge is 0.227 e. The molecule has 5 heteroatoms. The van der Waals surface area contributed by atoms with Crippen LogP contribution in [0.15, 0.2) is 24.3 Å². The van der Waals surface area contributed by atoms with Crippen molar-refractivity contribution in [2.24, 2.45) is 11.1 Å². The van der Waals surface area contributed by atoms with Crippen LogP contribution in [-0.2, 0) is 16.1 Å². The molecule has 0 unspecified atom stereocenters. The van der Waals surface area contributed by atoms with E-state index in [0.717, 1.165) is 24.2 Å². The highest BCUT2D eigenvalue weighted by atomic mass is 16.5. The van der Waals surface area contributed by atoms with E-state index in [1.165, 1.54) is 12.8 Å². The van der Waals surface area contributed by atoms with Crippen LogP contribution in [-0.4, -0.2) is 31.8 Å². The second-order valence-corrected chi connectivity index (χ2v) is 6.91. The summed E-state index contributed by atoms with van der Waals surface area (Å²) < 4.78 is 11.5. The Hall–Kier alpha value is -1.59. The van der Waals surface area contributed by atoms with Crippen LogP contribution in [0.5, 0.6) is 5.75 Å². The number of benzene rings is 1. The van der Waals surface area contributed by atoms with Crippen LogP contribution < -0.4 is 15.8 Å². The van der Waals surface area contributed by atoms with Gasteiger partial charge >= 0.3 is 0 Å². The molecule has 1 saturated heterocycles. The van der Waals surface area contributed by atoms with Crippen LogP contribution in [0.3, 0.4) is 0 Å². The molecule has 5 nitrogen and oxygen atoms in total. The van der Waals surface area contributed by atoms with E-state index in [-0.39, 0.29) is 5.91 Å². The monoisotopic (exact) mass is 332 g/mol. The van der Waals surface area contributed by atoms with Crippen LogP contribution in [0, 0.1) is 5.41 Å². The maximum absolute atomic E-state index is 12.7. The predicted molar refractivity (Wildman–Crippen MR) is 92.7 cm³/mol. The van der Waals surface area contributed by atoms with Crippen molar-refractivity contribution >= 4 is 5.91 Å². The lowest BCUT2D eigenvalue weighted by atomic mass is 9.79. The van der Waals surface area contributed by atoms with Gasteiger partial charge in [-0.25, -0.2) is 0 Å². The standard InChI is InChI=1S/C19H28N2O3/c20-14-19(9-11-23-12-10-19)18(22)21-13-15-5-1-4-8-17(15)24-16-6-2-3-7-16/h1,4-5,8,16H,2-3,6-7,9-14,20H2,(H,21,22). The van der Waals surface area contributed by atoms with Crippen LogP contribution in [0.25, 0.3) is 0 Å². The van der Waals surface area contributed by atoms with Crippen molar-refractivity contribution < 1.29 is 14.3 Å². The van der Waals surface area contributed by atoms with Gasteiger partial charge in [0.05, 0.1) is 11.5 Å². The third-order valence-electron chi connectivity index (χ3n) is 5.33. The molecular formula is C19H28N2O3. The molecular weight excluding hydrogens is 304 g/mol. The van der Waals surface area contributed by atoms with Crippen molar-refractivity contribution in [2.45, 2.75) is 51.2 Å². The maximum Gasteiger partial charge on any atom is 0.227 e. The van der Waals surface area contributed by atoms with E-state index in [9.17, 15) is 4.79 Å². The minimum absolute atomic E-state index is 0.0315. The molecule has 1 aliphatic carbocycles. The van der Waals surface area contributed by atoms with Crippen LogP contribution >= 0.6 is 0 Å². The van der Waals surface area contributed by atoms with E-state index in [1.807, 2.05) is 24.3 Å². The largest absolute Gasteiger partial charge is 0.490 e. The lowest BCUT2D eigenvalue weighted by Crippen LogP contribution is -2.49. The second-order valence-electron chi connectivity index (χ2n) is 6.91. The fourth-order valence-electron chi connectivity index (χ4n) is 3.60. The van der Waals surface area contributed by atoms with E-state index in [0.29, 0.717) is 45.2 Å². The zero-order valence-electron chi connectivity index (χ0n) is 14.3. The van der Waals surface area contributed by atoms with Gasteiger partial charge in [-0.3, -0.25) is 4.79 Å². The van der Waals surface area contributed by atoms with E-state index >= 15 is 0 Å². The molecule has 3 N–H and O–H groups in total. The van der Waals surface area contributed by atoms with Gasteiger partial charge < -0.3 is 20.5 Å². The molecule has 0 aromatic heterocycles. The summed E-state index contributed by atoms with van der Waals surface area (Å²) in [6.45, 7) is 2.05. The zero-order valence-corrected chi connectivity index (χ0v) is 14.3. The summed E-state index contributed by atoms with van der Waals surface area (Å²) in [6.07, 6.45) is 6.42. The van der Waals surface area contributed by atoms with Gasteiger partial charge in [-0.15, -0.1) is 0 Å². The van der Waals surface area contributed by atoms with Crippen LogP contribution in [0.4, 0.5) is 0 Å². The number of nitrogens with two attached hydrogens (primary N) is 1. The summed E-state index contributed by atoms with van der Waals surface area (Å²) in [6, 6.07) is 7.97. The fourth-order valence-corrected chi connectivity index (χ4v) is 3.60. The maximum atomic E-state index is 12.7. The number of carbonyl (C=O) groups excluding carboxylic acids is 1. The third-order valence-corrected chi connectivity index (χ3v) is 5.33. The fraction of sp³-hybridized carbons (Fsp3) is 0.632. The molecule has 132 valence electrons. The quantitative estimate of drug-likeness (QED) is 0.839. The highest BCUT2D eigenvalue weighted by Gasteiger charge is 2.38. The van der Waals surface area contributed by atoms with Gasteiger partial charge in [-0.1, -0.05) is 18.2 Å². The van der Waals surface area contributed by atoms with Gasteiger partial charge in [-0.05, 0) is 44.6 Å². The van der Waals surface area contributed by atoms with Crippen molar-refractivity contribution in [1.82, 2.24) is 5.32 Å². The van der Waals surface area contributed by atoms with E-state index in [4.69, 9.17) is 15.2 Å². The molecule has 0 radical (unpaired) electrons. The van der Waals surface area contributed by atoms with Crippen molar-refractivity contribution in [3.63, 3.8) is 0 Å². The van der Waals surface area contributed by atoms with Crippen molar-refractivity contribution in [3.8, 4) is 5.75 Å². The molecule has 3 rings (SSSR count). The molecule has 2 fully saturated rings. The Morgan fingerprint density at radius 3 is 2.67 bits per heavy atom. The normalized spacial score (nSPS) is 20.7. The highest BCUT2D eigenvalue weighted by Crippen LogP contribution is 2.30. The van der Waals surface area contributed by atoms with Crippen LogP contribution in [0.2, 0.25) is 0 Å². The first-order valence-corrected chi connectivity index (χ1v) is 9.04. The average Bonchev–Trinajstić information content (AvgIpc) is 3.14. The Bertz CT molecular complexity index is 549. The SMILES string of the molecule is NCC1(C(=O)NCc2ccccc2OC2CCCC2)CCOCC1. The Kier molecular flexibility index (Phi) is 5.74. The van der Waals surface area contributed by atoms with Crippen molar-refractivity contribution in [3.05, 3.63) is 29.8 Å². The van der Waals surface area contributed by atoms with Crippen molar-refractivity contribution in [2.75, 3.05) is 19.8 Å². The number of hydrogen-bond donors (Lipinski definition) is 2. The van der Waals surface area contributed by atoms with Gasteiger partial charge in [0, 0.05) is 31.9 Å². The van der Waals surface area contributed by atoms with Crippen molar-refractivity contribution in [1.29, 1.82) is 0 Å². The van der Waals surface area contributed by atoms with E-state index in [2.05, 4.69) is 5.32 Å². The van der Waals surface area contributed by atoms with Gasteiger partial charge in [0.2, 0.25) is 5.91 Å². The molecule has 1 heterocycles. The minimum Gasteiger partial charge on any atom is -0.490 e. The summed E-state index contributed by atoms with van der Waals surface area (Å²) in [5, 5.41) is 3.07. The molecule has 1 saturated carbocycles. The van der Waals surface area contributed by atoms with E-state index < -0.39 is 5.41 Å². The number of nitrogens with one attached hydrogen (secondary N) is 1. The molecule has 0 bridgehead atoms. The highest BCUT2D eigenvalue weighted by molar-refractivity contribution is 5.83. The number of hydrogen-bond acceptors (Lipinski definition) is 4. The van der Waals surface area contributed by atoms with Gasteiger partial charge in [0.1, 0.15) is 5.75 Å². The molecule has 24 heavy (non-hydrogen) atoms. The summed E-state index contributed by atoms with van der Waals surface area (Å²) in [5.41, 5.74) is 6.44.